The molecular weight excluding hydrogens is 212 g/mol. The molecule has 0 atom stereocenters. The number of ether oxygens (including phenoxy) is 2. The normalized spacial score (nSPS) is 10.1. The van der Waals surface area contributed by atoms with Gasteiger partial charge in [0.15, 0.2) is 0 Å². The van der Waals surface area contributed by atoms with Crippen LogP contribution >= 0.6 is 0 Å². The third kappa shape index (κ3) is 3.09. The minimum atomic E-state index is -1.10. The summed E-state index contributed by atoms with van der Waals surface area (Å²) in [6, 6.07) is 1.33. The summed E-state index contributed by atoms with van der Waals surface area (Å²) in [5, 5.41) is 8.82. The van der Waals surface area contributed by atoms with E-state index in [1.54, 1.807) is 7.11 Å². The first-order valence-electron chi connectivity index (χ1n) is 4.76. The van der Waals surface area contributed by atoms with E-state index in [0.29, 0.717) is 19.6 Å². The van der Waals surface area contributed by atoms with Crippen molar-refractivity contribution < 1.29 is 19.4 Å². The highest BCUT2D eigenvalue weighted by Gasteiger charge is 2.12. The SMILES string of the molecule is COCCCOc1nccc(C(=O)O)c1N. The van der Waals surface area contributed by atoms with E-state index in [-0.39, 0.29) is 17.1 Å². The lowest BCUT2D eigenvalue weighted by molar-refractivity contribution is 0.0697. The van der Waals surface area contributed by atoms with Crippen LogP contribution in [0.2, 0.25) is 0 Å². The van der Waals surface area contributed by atoms with E-state index >= 15 is 0 Å². The zero-order chi connectivity index (χ0) is 12.0. The maximum Gasteiger partial charge on any atom is 0.338 e. The molecule has 1 rings (SSSR count). The number of methoxy groups -OCH3 is 1. The number of hydrogen-bond donors (Lipinski definition) is 2. The number of nitrogens with zero attached hydrogens (tertiary/aromatic N) is 1. The van der Waals surface area contributed by atoms with E-state index in [1.165, 1.54) is 12.3 Å². The number of carboxylic acids is 1. The van der Waals surface area contributed by atoms with Crippen molar-refractivity contribution in [3.05, 3.63) is 17.8 Å². The molecule has 0 spiro atoms. The zero-order valence-electron chi connectivity index (χ0n) is 8.97. The number of nitrogens with two attached hydrogens (primary N) is 1. The van der Waals surface area contributed by atoms with Gasteiger partial charge >= 0.3 is 5.97 Å². The summed E-state index contributed by atoms with van der Waals surface area (Å²) >= 11 is 0. The summed E-state index contributed by atoms with van der Waals surface area (Å²) in [5.41, 5.74) is 5.64. The molecular formula is C10H14N2O4. The van der Waals surface area contributed by atoms with Crippen LogP contribution in [0.3, 0.4) is 0 Å². The predicted octanol–water partition coefficient (Wildman–Crippen LogP) is 0.777. The van der Waals surface area contributed by atoms with Gasteiger partial charge in [-0.05, 0) is 6.07 Å². The molecule has 1 aromatic rings. The quantitative estimate of drug-likeness (QED) is 0.696. The largest absolute Gasteiger partial charge is 0.478 e. The van der Waals surface area contributed by atoms with Crippen molar-refractivity contribution in [2.75, 3.05) is 26.1 Å². The Morgan fingerprint density at radius 1 is 1.56 bits per heavy atom. The fourth-order valence-corrected chi connectivity index (χ4v) is 1.13. The maximum absolute atomic E-state index is 10.8. The molecule has 0 amide bonds. The van der Waals surface area contributed by atoms with Crippen LogP contribution in [0.1, 0.15) is 16.8 Å². The summed E-state index contributed by atoms with van der Waals surface area (Å²) in [6.07, 6.45) is 2.04. The second kappa shape index (κ2) is 5.92. The van der Waals surface area contributed by atoms with Crippen LogP contribution in [0.5, 0.6) is 5.88 Å². The van der Waals surface area contributed by atoms with E-state index in [1.807, 2.05) is 0 Å². The summed E-state index contributed by atoms with van der Waals surface area (Å²) in [6.45, 7) is 0.951. The van der Waals surface area contributed by atoms with E-state index in [0.717, 1.165) is 0 Å². The van der Waals surface area contributed by atoms with Crippen molar-refractivity contribution in [1.82, 2.24) is 4.98 Å². The summed E-state index contributed by atoms with van der Waals surface area (Å²) < 4.78 is 10.1. The second-order valence-electron chi connectivity index (χ2n) is 3.08. The molecule has 0 bridgehead atoms. The highest BCUT2D eigenvalue weighted by atomic mass is 16.5. The fourth-order valence-electron chi connectivity index (χ4n) is 1.13. The van der Waals surface area contributed by atoms with Gasteiger partial charge in [-0.3, -0.25) is 0 Å². The molecule has 0 radical (unpaired) electrons. The fraction of sp³-hybridized carbons (Fsp3) is 0.400. The lowest BCUT2D eigenvalue weighted by Gasteiger charge is -2.08. The lowest BCUT2D eigenvalue weighted by Crippen LogP contribution is -2.08. The zero-order valence-corrected chi connectivity index (χ0v) is 8.97. The number of hydrogen-bond acceptors (Lipinski definition) is 5. The third-order valence-electron chi connectivity index (χ3n) is 1.92. The number of carboxylic acid groups (broad SMARTS) is 1. The molecule has 16 heavy (non-hydrogen) atoms. The molecule has 0 aliphatic rings. The summed E-state index contributed by atoms with van der Waals surface area (Å²) in [4.78, 5) is 14.6. The van der Waals surface area contributed by atoms with Gasteiger partial charge in [-0.2, -0.15) is 0 Å². The van der Waals surface area contributed by atoms with E-state index < -0.39 is 5.97 Å². The van der Waals surface area contributed by atoms with Crippen molar-refractivity contribution in [1.29, 1.82) is 0 Å². The first-order valence-corrected chi connectivity index (χ1v) is 4.76. The van der Waals surface area contributed by atoms with Gasteiger partial charge < -0.3 is 20.3 Å². The average Bonchev–Trinajstić information content (AvgIpc) is 2.26. The minimum Gasteiger partial charge on any atom is -0.478 e. The van der Waals surface area contributed by atoms with Crippen molar-refractivity contribution >= 4 is 11.7 Å². The van der Waals surface area contributed by atoms with Crippen LogP contribution < -0.4 is 10.5 Å². The molecule has 1 aromatic heterocycles. The molecule has 6 nitrogen and oxygen atoms in total. The monoisotopic (exact) mass is 226 g/mol. The van der Waals surface area contributed by atoms with Crippen LogP contribution in [0.25, 0.3) is 0 Å². The van der Waals surface area contributed by atoms with Gasteiger partial charge in [-0.15, -0.1) is 0 Å². The van der Waals surface area contributed by atoms with E-state index in [4.69, 9.17) is 20.3 Å². The van der Waals surface area contributed by atoms with Gasteiger partial charge in [0.05, 0.1) is 12.2 Å². The Balaban J connectivity index is 2.66. The molecule has 0 aromatic carbocycles. The first-order chi connectivity index (χ1) is 7.66. The van der Waals surface area contributed by atoms with Crippen LogP contribution in [0, 0.1) is 0 Å². The van der Waals surface area contributed by atoms with E-state index in [2.05, 4.69) is 4.98 Å². The number of carbonyl (C=O) groups is 1. The molecule has 0 aliphatic heterocycles. The van der Waals surface area contributed by atoms with Gasteiger partial charge in [0.2, 0.25) is 5.88 Å². The summed E-state index contributed by atoms with van der Waals surface area (Å²) in [5.74, 6) is -0.947. The van der Waals surface area contributed by atoms with Crippen LogP contribution in [-0.2, 0) is 4.74 Å². The minimum absolute atomic E-state index is 0.00302. The standard InChI is InChI=1S/C10H14N2O4/c1-15-5-2-6-16-9-8(11)7(10(13)14)3-4-12-9/h3-4H,2,5-6,11H2,1H3,(H,13,14). The van der Waals surface area contributed by atoms with Crippen molar-refractivity contribution in [3.63, 3.8) is 0 Å². The molecule has 0 unspecified atom stereocenters. The highest BCUT2D eigenvalue weighted by Crippen LogP contribution is 2.22. The average molecular weight is 226 g/mol. The smallest absolute Gasteiger partial charge is 0.338 e. The molecule has 1 heterocycles. The number of rotatable bonds is 6. The molecule has 6 heteroatoms. The van der Waals surface area contributed by atoms with Crippen LogP contribution in [0.15, 0.2) is 12.3 Å². The number of anilines is 1. The highest BCUT2D eigenvalue weighted by molar-refractivity contribution is 5.94. The van der Waals surface area contributed by atoms with Gasteiger partial charge in [0.1, 0.15) is 5.69 Å². The molecule has 0 fully saturated rings. The van der Waals surface area contributed by atoms with Crippen molar-refractivity contribution in [2.24, 2.45) is 0 Å². The lowest BCUT2D eigenvalue weighted by atomic mass is 10.2. The summed E-state index contributed by atoms with van der Waals surface area (Å²) in [7, 11) is 1.59. The molecule has 0 saturated heterocycles. The predicted molar refractivity (Wildman–Crippen MR) is 57.6 cm³/mol. The van der Waals surface area contributed by atoms with Gasteiger partial charge in [-0.1, -0.05) is 0 Å². The number of aromatic nitrogens is 1. The molecule has 0 aliphatic carbocycles. The second-order valence-corrected chi connectivity index (χ2v) is 3.08. The molecule has 88 valence electrons. The topological polar surface area (TPSA) is 94.7 Å². The van der Waals surface area contributed by atoms with Crippen molar-refractivity contribution in [3.8, 4) is 5.88 Å². The Morgan fingerprint density at radius 3 is 2.94 bits per heavy atom. The van der Waals surface area contributed by atoms with Crippen LogP contribution in [-0.4, -0.2) is 36.4 Å². The number of aromatic carboxylic acids is 1. The first kappa shape index (κ1) is 12.3. The van der Waals surface area contributed by atoms with E-state index in [9.17, 15) is 4.79 Å². The number of nitrogen functional groups attached to an aromatic ring is 1. The third-order valence-corrected chi connectivity index (χ3v) is 1.92. The van der Waals surface area contributed by atoms with Crippen molar-refractivity contribution in [2.45, 2.75) is 6.42 Å². The van der Waals surface area contributed by atoms with Gasteiger partial charge in [0.25, 0.3) is 0 Å². The van der Waals surface area contributed by atoms with Crippen LogP contribution in [0.4, 0.5) is 5.69 Å². The molecule has 3 N–H and O–H groups in total. The Morgan fingerprint density at radius 2 is 2.31 bits per heavy atom. The Labute approximate surface area is 93.0 Å². The Hall–Kier alpha value is -1.82. The maximum atomic E-state index is 10.8. The van der Waals surface area contributed by atoms with Gasteiger partial charge in [-0.25, -0.2) is 9.78 Å². The van der Waals surface area contributed by atoms with Gasteiger partial charge in [0, 0.05) is 26.3 Å². The molecule has 0 saturated carbocycles. The Bertz CT molecular complexity index is 368. The number of pyridine rings is 1. The Kier molecular flexibility index (Phi) is 4.53.